The number of methoxy groups -OCH3 is 1. The molecule has 1 saturated heterocycles. The molecule has 1 atom stereocenters. The van der Waals surface area contributed by atoms with E-state index in [1.54, 1.807) is 23.1 Å². The minimum Gasteiger partial charge on any atom is -0.495 e. The number of ether oxygens (including phenoxy) is 1. The van der Waals surface area contributed by atoms with Crippen LogP contribution in [0.4, 0.5) is 10.1 Å². The van der Waals surface area contributed by atoms with Crippen LogP contribution in [-0.4, -0.2) is 29.8 Å². The zero-order valence-corrected chi connectivity index (χ0v) is 13.5. The third-order valence-corrected chi connectivity index (χ3v) is 4.92. The lowest BCUT2D eigenvalue weighted by Gasteiger charge is -2.26. The molecule has 5 nitrogen and oxygen atoms in total. The van der Waals surface area contributed by atoms with Gasteiger partial charge in [-0.3, -0.25) is 9.69 Å². The molecule has 0 aliphatic carbocycles. The van der Waals surface area contributed by atoms with Gasteiger partial charge >= 0.3 is 5.97 Å². The van der Waals surface area contributed by atoms with E-state index in [0.717, 1.165) is 5.56 Å². The first-order valence-electron chi connectivity index (χ1n) is 7.11. The number of rotatable bonds is 4. The average Bonchev–Trinajstić information content (AvgIpc) is 2.96. The zero-order chi connectivity index (χ0) is 17.3. The van der Waals surface area contributed by atoms with Crippen molar-refractivity contribution >= 4 is 29.3 Å². The normalized spacial score (nSPS) is 17.2. The van der Waals surface area contributed by atoms with Gasteiger partial charge in [0.25, 0.3) is 0 Å². The summed E-state index contributed by atoms with van der Waals surface area (Å²) in [6.07, 6.45) is 0. The number of halogens is 1. The quantitative estimate of drug-likeness (QED) is 0.919. The van der Waals surface area contributed by atoms with Crippen molar-refractivity contribution in [3.63, 3.8) is 0 Å². The fourth-order valence-corrected chi connectivity index (χ4v) is 3.74. The summed E-state index contributed by atoms with van der Waals surface area (Å²) in [5.41, 5.74) is 1.36. The van der Waals surface area contributed by atoms with Crippen LogP contribution in [0.15, 0.2) is 42.5 Å². The first kappa shape index (κ1) is 16.3. The van der Waals surface area contributed by atoms with Crippen molar-refractivity contribution in [3.05, 3.63) is 59.4 Å². The van der Waals surface area contributed by atoms with E-state index in [9.17, 15) is 14.0 Å². The molecule has 0 aromatic heterocycles. The maximum Gasteiger partial charge on any atom is 0.335 e. The SMILES string of the molecule is COc1cc(C(=O)O)ccc1N1C(=O)CSC1c1ccc(F)cc1. The minimum absolute atomic E-state index is 0.0771. The number of aromatic carboxylic acids is 1. The molecule has 1 amide bonds. The summed E-state index contributed by atoms with van der Waals surface area (Å²) >= 11 is 1.42. The van der Waals surface area contributed by atoms with Crippen molar-refractivity contribution < 1.29 is 23.8 Å². The second kappa shape index (κ2) is 6.52. The van der Waals surface area contributed by atoms with Crippen molar-refractivity contribution in [3.8, 4) is 5.75 Å². The highest BCUT2D eigenvalue weighted by Gasteiger charge is 2.35. The Morgan fingerprint density at radius 3 is 2.62 bits per heavy atom. The summed E-state index contributed by atoms with van der Waals surface area (Å²) < 4.78 is 18.4. The lowest BCUT2D eigenvalue weighted by molar-refractivity contribution is -0.115. The van der Waals surface area contributed by atoms with Crippen LogP contribution in [0.1, 0.15) is 21.3 Å². The van der Waals surface area contributed by atoms with Crippen LogP contribution in [0, 0.1) is 5.82 Å². The molecule has 0 bridgehead atoms. The van der Waals surface area contributed by atoms with Crippen molar-refractivity contribution in [1.29, 1.82) is 0 Å². The van der Waals surface area contributed by atoms with E-state index in [1.165, 1.54) is 43.1 Å². The largest absolute Gasteiger partial charge is 0.495 e. The van der Waals surface area contributed by atoms with E-state index >= 15 is 0 Å². The van der Waals surface area contributed by atoms with E-state index in [0.29, 0.717) is 11.4 Å². The van der Waals surface area contributed by atoms with E-state index in [2.05, 4.69) is 0 Å². The Hall–Kier alpha value is -2.54. The molecule has 1 fully saturated rings. The van der Waals surface area contributed by atoms with Gasteiger partial charge in [0, 0.05) is 0 Å². The van der Waals surface area contributed by atoms with Gasteiger partial charge in [0.1, 0.15) is 16.9 Å². The molecule has 1 aliphatic rings. The molecule has 0 radical (unpaired) electrons. The minimum atomic E-state index is -1.07. The molecule has 1 aliphatic heterocycles. The standard InChI is InChI=1S/C17H14FNO4S/c1-23-14-8-11(17(21)22)4-7-13(14)19-15(20)9-24-16(19)10-2-5-12(18)6-3-10/h2-8,16H,9H2,1H3,(H,21,22). The van der Waals surface area contributed by atoms with Crippen molar-refractivity contribution in [2.24, 2.45) is 0 Å². The van der Waals surface area contributed by atoms with Crippen molar-refractivity contribution in [2.75, 3.05) is 17.8 Å². The van der Waals surface area contributed by atoms with Gasteiger partial charge in [0.05, 0.1) is 24.1 Å². The predicted octanol–water partition coefficient (Wildman–Crippen LogP) is 3.31. The van der Waals surface area contributed by atoms with Crippen LogP contribution >= 0.6 is 11.8 Å². The highest BCUT2D eigenvalue weighted by molar-refractivity contribution is 8.00. The number of carboxylic acids is 1. The number of amides is 1. The van der Waals surface area contributed by atoms with E-state index < -0.39 is 5.97 Å². The second-order valence-electron chi connectivity index (χ2n) is 5.17. The first-order chi connectivity index (χ1) is 11.5. The molecule has 2 aromatic rings. The number of hydrogen-bond acceptors (Lipinski definition) is 4. The number of anilines is 1. The van der Waals surface area contributed by atoms with Crippen LogP contribution < -0.4 is 9.64 Å². The summed E-state index contributed by atoms with van der Waals surface area (Å²) in [5.74, 6) is -0.945. The molecule has 2 aromatic carbocycles. The van der Waals surface area contributed by atoms with Gasteiger partial charge in [0.15, 0.2) is 0 Å². The molecule has 0 saturated carbocycles. The Labute approximate surface area is 142 Å². The molecule has 0 spiro atoms. The molecular formula is C17H14FNO4S. The van der Waals surface area contributed by atoms with Gasteiger partial charge in [-0.15, -0.1) is 11.8 Å². The fraction of sp³-hybridized carbons (Fsp3) is 0.176. The Morgan fingerprint density at radius 1 is 1.29 bits per heavy atom. The van der Waals surface area contributed by atoms with Crippen LogP contribution in [0.25, 0.3) is 0 Å². The summed E-state index contributed by atoms with van der Waals surface area (Å²) in [5, 5.41) is 8.78. The van der Waals surface area contributed by atoms with E-state index in [1.807, 2.05) is 0 Å². The number of benzene rings is 2. The first-order valence-corrected chi connectivity index (χ1v) is 8.16. The van der Waals surface area contributed by atoms with Crippen molar-refractivity contribution in [2.45, 2.75) is 5.37 Å². The highest BCUT2D eigenvalue weighted by Crippen LogP contribution is 2.45. The third-order valence-electron chi connectivity index (χ3n) is 3.71. The van der Waals surface area contributed by atoms with Crippen LogP contribution in [-0.2, 0) is 4.79 Å². The maximum atomic E-state index is 13.1. The highest BCUT2D eigenvalue weighted by atomic mass is 32.2. The Morgan fingerprint density at radius 2 is 2.00 bits per heavy atom. The number of carbonyl (C=O) groups is 2. The van der Waals surface area contributed by atoms with Gasteiger partial charge in [-0.1, -0.05) is 12.1 Å². The molecule has 124 valence electrons. The van der Waals surface area contributed by atoms with Gasteiger partial charge in [0.2, 0.25) is 5.91 Å². The zero-order valence-electron chi connectivity index (χ0n) is 12.7. The number of thioether (sulfide) groups is 1. The van der Waals surface area contributed by atoms with Gasteiger partial charge < -0.3 is 9.84 Å². The lowest BCUT2D eigenvalue weighted by Crippen LogP contribution is -2.28. The Bertz CT molecular complexity index is 794. The maximum absolute atomic E-state index is 13.1. The number of carbonyl (C=O) groups excluding carboxylic acids is 1. The topological polar surface area (TPSA) is 66.8 Å². The van der Waals surface area contributed by atoms with Crippen LogP contribution in [0.2, 0.25) is 0 Å². The second-order valence-corrected chi connectivity index (χ2v) is 6.24. The van der Waals surface area contributed by atoms with Crippen molar-refractivity contribution in [1.82, 2.24) is 0 Å². The number of hydrogen-bond donors (Lipinski definition) is 1. The summed E-state index contributed by atoms with van der Waals surface area (Å²) in [4.78, 5) is 25.0. The van der Waals surface area contributed by atoms with E-state index in [4.69, 9.17) is 9.84 Å². The molecular weight excluding hydrogens is 333 g/mol. The van der Waals surface area contributed by atoms with Crippen LogP contribution in [0.3, 0.4) is 0 Å². The van der Waals surface area contributed by atoms with Gasteiger partial charge in [-0.2, -0.15) is 0 Å². The Balaban J connectivity index is 2.03. The smallest absolute Gasteiger partial charge is 0.335 e. The summed E-state index contributed by atoms with van der Waals surface area (Å²) in [6.45, 7) is 0. The number of nitrogens with zero attached hydrogens (tertiary/aromatic N) is 1. The molecule has 1 heterocycles. The molecule has 24 heavy (non-hydrogen) atoms. The summed E-state index contributed by atoms with van der Waals surface area (Å²) in [7, 11) is 1.42. The van der Waals surface area contributed by atoms with Gasteiger partial charge in [-0.05, 0) is 35.9 Å². The average molecular weight is 347 g/mol. The predicted molar refractivity (Wildman–Crippen MR) is 89.0 cm³/mol. The molecule has 7 heteroatoms. The fourth-order valence-electron chi connectivity index (χ4n) is 2.57. The summed E-state index contributed by atoms with van der Waals surface area (Å²) in [6, 6.07) is 10.3. The lowest BCUT2D eigenvalue weighted by atomic mass is 10.1. The molecule has 1 unspecified atom stereocenters. The number of carboxylic acid groups (broad SMARTS) is 1. The Kier molecular flexibility index (Phi) is 4.44. The third kappa shape index (κ3) is 2.94. The van der Waals surface area contributed by atoms with Crippen LogP contribution in [0.5, 0.6) is 5.75 Å². The molecule has 3 rings (SSSR count). The van der Waals surface area contributed by atoms with E-state index in [-0.39, 0.29) is 28.4 Å². The molecule has 1 N–H and O–H groups in total. The van der Waals surface area contributed by atoms with Gasteiger partial charge in [-0.25, -0.2) is 9.18 Å². The monoisotopic (exact) mass is 347 g/mol.